The van der Waals surface area contributed by atoms with E-state index in [1.807, 2.05) is 18.3 Å². The maximum absolute atomic E-state index is 5.93. The van der Waals surface area contributed by atoms with E-state index in [-0.39, 0.29) is 6.29 Å². The molecule has 118 valence electrons. The largest absolute Gasteiger partial charge is 0.356 e. The van der Waals surface area contributed by atoms with Gasteiger partial charge in [0.2, 0.25) is 0 Å². The highest BCUT2D eigenvalue weighted by Gasteiger charge is 2.25. The van der Waals surface area contributed by atoms with Crippen LogP contribution in [-0.4, -0.2) is 69.2 Å². The molecule has 1 fully saturated rings. The van der Waals surface area contributed by atoms with Crippen LogP contribution in [0, 0.1) is 0 Å². The van der Waals surface area contributed by atoms with Crippen LogP contribution in [0.4, 0.5) is 5.82 Å². The second-order valence-electron chi connectivity index (χ2n) is 5.24. The number of rotatable bonds is 7. The summed E-state index contributed by atoms with van der Waals surface area (Å²) in [6.07, 6.45) is 2.45. The molecule has 21 heavy (non-hydrogen) atoms. The molecule has 0 aliphatic carbocycles. The minimum atomic E-state index is -0.188. The van der Waals surface area contributed by atoms with E-state index in [0.29, 0.717) is 12.6 Å². The Bertz CT molecular complexity index is 392. The van der Waals surface area contributed by atoms with Crippen molar-refractivity contribution in [2.45, 2.75) is 18.8 Å². The average molecular weight is 294 g/mol. The summed E-state index contributed by atoms with van der Waals surface area (Å²) in [4.78, 5) is 9.14. The maximum atomic E-state index is 5.93. The Balaban J connectivity index is 1.87. The van der Waals surface area contributed by atoms with Crippen molar-refractivity contribution >= 4 is 5.82 Å². The van der Waals surface area contributed by atoms with Gasteiger partial charge in [0.25, 0.3) is 0 Å². The molecular weight excluding hydrogens is 268 g/mol. The Hall–Kier alpha value is -1.21. The molecule has 0 bridgehead atoms. The summed E-state index contributed by atoms with van der Waals surface area (Å²) < 4.78 is 10.6. The summed E-state index contributed by atoms with van der Waals surface area (Å²) in [5, 5.41) is 0. The lowest BCUT2D eigenvalue weighted by Gasteiger charge is -2.40. The molecule has 1 aliphatic heterocycles. The third kappa shape index (κ3) is 4.38. The van der Waals surface area contributed by atoms with Crippen molar-refractivity contribution in [1.29, 1.82) is 0 Å². The number of piperazine rings is 1. The molecule has 0 aromatic carbocycles. The molecule has 6 nitrogen and oxygen atoms in total. The standard InChI is InChI=1S/C15H26N4O2/c1-20-15(21-2)11-13(12-16)18-7-9-19(10-8-18)14-5-3-4-6-17-14/h3-6,13,15H,7-12,16H2,1-2H3. The summed E-state index contributed by atoms with van der Waals surface area (Å²) >= 11 is 0. The van der Waals surface area contributed by atoms with Gasteiger partial charge in [-0.25, -0.2) is 4.98 Å². The number of ether oxygens (including phenoxy) is 2. The van der Waals surface area contributed by atoms with Crippen molar-refractivity contribution in [2.24, 2.45) is 5.73 Å². The fraction of sp³-hybridized carbons (Fsp3) is 0.667. The van der Waals surface area contributed by atoms with Crippen molar-refractivity contribution in [3.8, 4) is 0 Å². The van der Waals surface area contributed by atoms with Gasteiger partial charge in [-0.15, -0.1) is 0 Å². The molecular formula is C15H26N4O2. The normalized spacial score (nSPS) is 18.2. The minimum Gasteiger partial charge on any atom is -0.356 e. The topological polar surface area (TPSA) is 63.9 Å². The SMILES string of the molecule is COC(CC(CN)N1CCN(c2ccccn2)CC1)OC. The smallest absolute Gasteiger partial charge is 0.158 e. The zero-order chi connectivity index (χ0) is 15.1. The Morgan fingerprint density at radius 2 is 1.90 bits per heavy atom. The molecule has 2 N–H and O–H groups in total. The number of hydrogen-bond acceptors (Lipinski definition) is 6. The van der Waals surface area contributed by atoms with Crippen LogP contribution in [0.5, 0.6) is 0 Å². The van der Waals surface area contributed by atoms with Gasteiger partial charge >= 0.3 is 0 Å². The van der Waals surface area contributed by atoms with Crippen LogP contribution in [0.25, 0.3) is 0 Å². The number of methoxy groups -OCH3 is 2. The number of aromatic nitrogens is 1. The van der Waals surface area contributed by atoms with Crippen LogP contribution in [0.15, 0.2) is 24.4 Å². The average Bonchev–Trinajstić information content (AvgIpc) is 2.57. The lowest BCUT2D eigenvalue weighted by molar-refractivity contribution is -0.116. The van der Waals surface area contributed by atoms with Crippen LogP contribution < -0.4 is 10.6 Å². The number of pyridine rings is 1. The van der Waals surface area contributed by atoms with Gasteiger partial charge < -0.3 is 20.1 Å². The van der Waals surface area contributed by atoms with E-state index in [9.17, 15) is 0 Å². The highest BCUT2D eigenvalue weighted by atomic mass is 16.7. The Morgan fingerprint density at radius 1 is 1.19 bits per heavy atom. The van der Waals surface area contributed by atoms with Crippen molar-refractivity contribution in [2.75, 3.05) is 51.8 Å². The van der Waals surface area contributed by atoms with E-state index in [0.717, 1.165) is 38.4 Å². The van der Waals surface area contributed by atoms with Gasteiger partial charge in [-0.3, -0.25) is 4.90 Å². The van der Waals surface area contributed by atoms with E-state index in [1.54, 1.807) is 14.2 Å². The predicted octanol–water partition coefficient (Wildman–Crippen LogP) is 0.540. The molecule has 1 unspecified atom stereocenters. The second-order valence-corrected chi connectivity index (χ2v) is 5.24. The summed E-state index contributed by atoms with van der Waals surface area (Å²) in [6, 6.07) is 6.32. The van der Waals surface area contributed by atoms with Crippen molar-refractivity contribution in [1.82, 2.24) is 9.88 Å². The summed E-state index contributed by atoms with van der Waals surface area (Å²) in [6.45, 7) is 4.53. The van der Waals surface area contributed by atoms with E-state index < -0.39 is 0 Å². The number of nitrogens with two attached hydrogens (primary N) is 1. The van der Waals surface area contributed by atoms with Gasteiger partial charge in [0.1, 0.15) is 5.82 Å². The monoisotopic (exact) mass is 294 g/mol. The van der Waals surface area contributed by atoms with Gasteiger partial charge in [0.15, 0.2) is 6.29 Å². The van der Waals surface area contributed by atoms with Gasteiger partial charge in [0.05, 0.1) is 0 Å². The molecule has 1 aromatic rings. The van der Waals surface area contributed by atoms with Crippen LogP contribution >= 0.6 is 0 Å². The number of nitrogens with zero attached hydrogens (tertiary/aromatic N) is 3. The third-order valence-corrected chi connectivity index (χ3v) is 4.07. The van der Waals surface area contributed by atoms with Gasteiger partial charge in [-0.05, 0) is 12.1 Å². The minimum absolute atomic E-state index is 0.188. The lowest BCUT2D eigenvalue weighted by Crippen LogP contribution is -2.53. The van der Waals surface area contributed by atoms with Crippen LogP contribution in [0.3, 0.4) is 0 Å². The Morgan fingerprint density at radius 3 is 2.43 bits per heavy atom. The molecule has 2 heterocycles. The second kappa shape index (κ2) is 8.29. The highest BCUT2D eigenvalue weighted by molar-refractivity contribution is 5.38. The molecule has 0 spiro atoms. The molecule has 1 aromatic heterocycles. The Kier molecular flexibility index (Phi) is 6.38. The fourth-order valence-electron chi connectivity index (χ4n) is 2.76. The third-order valence-electron chi connectivity index (χ3n) is 4.07. The van der Waals surface area contributed by atoms with Crippen molar-refractivity contribution in [3.05, 3.63) is 24.4 Å². The molecule has 1 atom stereocenters. The van der Waals surface area contributed by atoms with E-state index in [4.69, 9.17) is 15.2 Å². The number of hydrogen-bond donors (Lipinski definition) is 1. The molecule has 1 saturated heterocycles. The molecule has 0 amide bonds. The summed E-state index contributed by atoms with van der Waals surface area (Å²) in [5.41, 5.74) is 5.93. The first kappa shape index (κ1) is 16.2. The molecule has 6 heteroatoms. The van der Waals surface area contributed by atoms with Crippen molar-refractivity contribution < 1.29 is 9.47 Å². The van der Waals surface area contributed by atoms with Gasteiger partial charge in [0, 0.05) is 65.6 Å². The fourth-order valence-corrected chi connectivity index (χ4v) is 2.76. The molecule has 0 saturated carbocycles. The van der Waals surface area contributed by atoms with E-state index in [2.05, 4.69) is 20.9 Å². The van der Waals surface area contributed by atoms with Crippen LogP contribution in [-0.2, 0) is 9.47 Å². The first-order valence-electron chi connectivity index (χ1n) is 7.44. The maximum Gasteiger partial charge on any atom is 0.158 e. The Labute approximate surface area is 126 Å². The molecule has 0 radical (unpaired) electrons. The van der Waals surface area contributed by atoms with Gasteiger partial charge in [-0.2, -0.15) is 0 Å². The summed E-state index contributed by atoms with van der Waals surface area (Å²) in [7, 11) is 3.33. The number of anilines is 1. The zero-order valence-corrected chi connectivity index (χ0v) is 12.9. The van der Waals surface area contributed by atoms with E-state index in [1.165, 1.54) is 0 Å². The summed E-state index contributed by atoms with van der Waals surface area (Å²) in [5.74, 6) is 1.05. The predicted molar refractivity (Wildman–Crippen MR) is 83.3 cm³/mol. The molecule has 1 aliphatic rings. The quantitative estimate of drug-likeness (QED) is 0.741. The first-order valence-corrected chi connectivity index (χ1v) is 7.44. The highest BCUT2D eigenvalue weighted by Crippen LogP contribution is 2.16. The van der Waals surface area contributed by atoms with Gasteiger partial charge in [-0.1, -0.05) is 6.07 Å². The van der Waals surface area contributed by atoms with Crippen LogP contribution in [0.1, 0.15) is 6.42 Å². The first-order chi connectivity index (χ1) is 10.3. The lowest BCUT2D eigenvalue weighted by atomic mass is 10.1. The van der Waals surface area contributed by atoms with E-state index >= 15 is 0 Å². The van der Waals surface area contributed by atoms with Crippen molar-refractivity contribution in [3.63, 3.8) is 0 Å². The zero-order valence-electron chi connectivity index (χ0n) is 12.9. The molecule has 2 rings (SSSR count). The van der Waals surface area contributed by atoms with Crippen LogP contribution in [0.2, 0.25) is 0 Å².